The summed E-state index contributed by atoms with van der Waals surface area (Å²) in [5.74, 6) is -4.56. The lowest BCUT2D eigenvalue weighted by Crippen LogP contribution is -2.57. The van der Waals surface area contributed by atoms with Gasteiger partial charge in [-0.2, -0.15) is 0 Å². The number of hydrogen-bond acceptors (Lipinski definition) is 7. The van der Waals surface area contributed by atoms with Crippen molar-refractivity contribution < 1.29 is 38.1 Å². The van der Waals surface area contributed by atoms with Crippen molar-refractivity contribution in [2.24, 2.45) is 11.8 Å². The normalized spacial score (nSPS) is 24.0. The Kier molecular flexibility index (Phi) is 6.73. The zero-order valence-electron chi connectivity index (χ0n) is 21.5. The molecule has 2 aliphatic rings. The fourth-order valence-electron chi connectivity index (χ4n) is 5.84. The van der Waals surface area contributed by atoms with Crippen molar-refractivity contribution in [1.82, 2.24) is 5.32 Å². The van der Waals surface area contributed by atoms with Crippen LogP contribution in [0.4, 0.5) is 10.1 Å². The molecule has 3 aromatic carbocycles. The maximum absolute atomic E-state index is 14.0. The van der Waals surface area contributed by atoms with Gasteiger partial charge in [-0.3, -0.25) is 19.7 Å². The molecule has 0 spiro atoms. The number of nitrogens with zero attached hydrogens (tertiary/aromatic N) is 1. The first-order chi connectivity index (χ1) is 18.8. The fourth-order valence-corrected chi connectivity index (χ4v) is 5.84. The fraction of sp³-hybridized carbons (Fsp3) is 0.276. The third-order valence-corrected chi connectivity index (χ3v) is 7.52. The van der Waals surface area contributed by atoms with Gasteiger partial charge >= 0.3 is 5.97 Å². The van der Waals surface area contributed by atoms with E-state index < -0.39 is 47.0 Å². The highest BCUT2D eigenvalue weighted by molar-refractivity contribution is 6.24. The van der Waals surface area contributed by atoms with E-state index >= 15 is 0 Å². The van der Waals surface area contributed by atoms with Crippen molar-refractivity contribution in [3.8, 4) is 17.2 Å². The summed E-state index contributed by atoms with van der Waals surface area (Å²) in [6.45, 7) is 0. The van der Waals surface area contributed by atoms with Crippen LogP contribution in [0.1, 0.15) is 17.2 Å². The number of carbonyl (C=O) groups is 3. The molecule has 2 heterocycles. The van der Waals surface area contributed by atoms with Crippen LogP contribution in [-0.2, 0) is 20.8 Å². The van der Waals surface area contributed by atoms with Crippen LogP contribution in [0.5, 0.6) is 17.2 Å². The number of ether oxygens (including phenoxy) is 3. The van der Waals surface area contributed by atoms with Crippen molar-refractivity contribution in [3.05, 3.63) is 83.7 Å². The van der Waals surface area contributed by atoms with Crippen LogP contribution in [0, 0.1) is 17.7 Å². The van der Waals surface area contributed by atoms with Crippen LogP contribution in [-0.4, -0.2) is 49.8 Å². The summed E-state index contributed by atoms with van der Waals surface area (Å²) in [6, 6.07) is 16.2. The van der Waals surface area contributed by atoms with Gasteiger partial charge in [0, 0.05) is 18.0 Å². The third-order valence-electron chi connectivity index (χ3n) is 7.52. The molecule has 10 heteroatoms. The minimum atomic E-state index is -1.84. The van der Waals surface area contributed by atoms with Crippen molar-refractivity contribution >= 4 is 23.5 Å². The number of imide groups is 1. The number of fused-ring (bicyclic) bond motifs is 1. The monoisotopic (exact) mass is 534 g/mol. The maximum atomic E-state index is 14.0. The first kappa shape index (κ1) is 26.2. The van der Waals surface area contributed by atoms with E-state index in [1.54, 1.807) is 42.5 Å². The van der Waals surface area contributed by atoms with Gasteiger partial charge in [-0.05, 0) is 42.0 Å². The topological polar surface area (TPSA) is 114 Å². The number of methoxy groups -OCH3 is 3. The average Bonchev–Trinajstić information content (AvgIpc) is 3.42. The highest BCUT2D eigenvalue weighted by Gasteiger charge is 2.69. The highest BCUT2D eigenvalue weighted by Crippen LogP contribution is 2.54. The minimum Gasteiger partial charge on any atom is -0.493 e. The summed E-state index contributed by atoms with van der Waals surface area (Å²) >= 11 is 0. The molecule has 0 aliphatic carbocycles. The molecule has 0 bridgehead atoms. The number of rotatable bonds is 8. The van der Waals surface area contributed by atoms with Crippen molar-refractivity contribution in [3.63, 3.8) is 0 Å². The van der Waals surface area contributed by atoms with E-state index in [1.165, 1.54) is 33.5 Å². The Morgan fingerprint density at radius 3 is 2.18 bits per heavy atom. The second kappa shape index (κ2) is 10.0. The first-order valence-electron chi connectivity index (χ1n) is 12.2. The summed E-state index contributed by atoms with van der Waals surface area (Å²) in [4.78, 5) is 42.0. The Hall–Kier alpha value is -4.44. The predicted molar refractivity (Wildman–Crippen MR) is 138 cm³/mol. The number of benzene rings is 3. The lowest BCUT2D eigenvalue weighted by Gasteiger charge is -2.31. The molecule has 0 saturated carbocycles. The molecular weight excluding hydrogens is 507 g/mol. The van der Waals surface area contributed by atoms with Crippen LogP contribution in [0.2, 0.25) is 0 Å². The summed E-state index contributed by atoms with van der Waals surface area (Å²) in [6.07, 6.45) is -0.0628. The minimum absolute atomic E-state index is 0.0628. The van der Waals surface area contributed by atoms with Crippen LogP contribution in [0.3, 0.4) is 0 Å². The number of nitrogens with one attached hydrogen (secondary N) is 1. The Bertz CT molecular complexity index is 1430. The van der Waals surface area contributed by atoms with Gasteiger partial charge in [0.15, 0.2) is 11.5 Å². The first-order valence-corrected chi connectivity index (χ1v) is 12.2. The number of carboxylic acid groups (broad SMARTS) is 1. The molecular formula is C29H27FN2O7. The second-order valence-corrected chi connectivity index (χ2v) is 9.48. The molecule has 0 radical (unpaired) electrons. The van der Waals surface area contributed by atoms with E-state index in [-0.39, 0.29) is 23.6 Å². The van der Waals surface area contributed by atoms with Crippen molar-refractivity contribution in [2.45, 2.75) is 18.0 Å². The van der Waals surface area contributed by atoms with Crippen LogP contribution in [0.25, 0.3) is 0 Å². The molecule has 0 unspecified atom stereocenters. The summed E-state index contributed by atoms with van der Waals surface area (Å²) in [7, 11) is 4.33. The van der Waals surface area contributed by atoms with E-state index in [1.807, 2.05) is 0 Å². The molecule has 39 heavy (non-hydrogen) atoms. The molecule has 2 N–H and O–H groups in total. The number of hydrogen-bond donors (Lipinski definition) is 2. The number of halogens is 1. The Morgan fingerprint density at radius 1 is 0.923 bits per heavy atom. The molecule has 0 aromatic heterocycles. The van der Waals surface area contributed by atoms with E-state index in [9.17, 15) is 23.9 Å². The lowest BCUT2D eigenvalue weighted by molar-refractivity contribution is -0.148. The number of amides is 2. The van der Waals surface area contributed by atoms with Crippen molar-refractivity contribution in [2.75, 3.05) is 26.2 Å². The molecule has 202 valence electrons. The average molecular weight is 535 g/mol. The van der Waals surface area contributed by atoms with Gasteiger partial charge < -0.3 is 19.3 Å². The van der Waals surface area contributed by atoms with E-state index in [0.717, 1.165) is 17.0 Å². The molecule has 2 aliphatic heterocycles. The van der Waals surface area contributed by atoms with Gasteiger partial charge in [0.2, 0.25) is 17.6 Å². The summed E-state index contributed by atoms with van der Waals surface area (Å²) in [5, 5.41) is 13.8. The standard InChI is InChI=1S/C29H27FN2O7/c1-37-20-14-13-19(24(38-2)25(20)39-3)23-21-22(27(34)32(26(21)33)18-11-9-17(30)10-12-18)29(31-23,28(35)36)15-16-7-5-4-6-8-16/h4-14,21-23,31H,15H2,1-3H3,(H,35,36)/t21-,22+,23-,29-/m0/s1. The Labute approximate surface area is 224 Å². The number of anilines is 1. The second-order valence-electron chi connectivity index (χ2n) is 9.48. The molecule has 4 atom stereocenters. The van der Waals surface area contributed by atoms with E-state index in [4.69, 9.17) is 14.2 Å². The highest BCUT2D eigenvalue weighted by atomic mass is 19.1. The molecule has 3 aromatic rings. The molecule has 2 saturated heterocycles. The van der Waals surface area contributed by atoms with Gasteiger partial charge in [0.1, 0.15) is 11.4 Å². The molecule has 9 nitrogen and oxygen atoms in total. The predicted octanol–water partition coefficient (Wildman–Crippen LogP) is 3.37. The van der Waals surface area contributed by atoms with Gasteiger partial charge in [-0.15, -0.1) is 0 Å². The van der Waals surface area contributed by atoms with E-state index in [2.05, 4.69) is 5.32 Å². The van der Waals surface area contributed by atoms with Gasteiger partial charge in [-0.1, -0.05) is 30.3 Å². The van der Waals surface area contributed by atoms with Crippen LogP contribution < -0.4 is 24.4 Å². The van der Waals surface area contributed by atoms with Crippen molar-refractivity contribution in [1.29, 1.82) is 0 Å². The number of carboxylic acids is 1. The smallest absolute Gasteiger partial charge is 0.325 e. The molecule has 5 rings (SSSR count). The Morgan fingerprint density at radius 2 is 1.59 bits per heavy atom. The van der Waals surface area contributed by atoms with Gasteiger partial charge in [0.25, 0.3) is 0 Å². The molecule has 2 fully saturated rings. The lowest BCUT2D eigenvalue weighted by atomic mass is 9.76. The van der Waals surface area contributed by atoms with Gasteiger partial charge in [0.05, 0.1) is 38.9 Å². The Balaban J connectivity index is 1.71. The SMILES string of the molecule is COc1ccc([C@@H]2N[C@](Cc3ccccc3)(C(=O)O)[C@H]3C(=O)N(c4ccc(F)cc4)C(=O)[C@H]23)c(OC)c1OC. The number of aliphatic carboxylic acids is 1. The zero-order valence-corrected chi connectivity index (χ0v) is 21.5. The molecule has 2 amide bonds. The maximum Gasteiger partial charge on any atom is 0.325 e. The van der Waals surface area contributed by atoms with Crippen LogP contribution >= 0.6 is 0 Å². The summed E-state index contributed by atoms with van der Waals surface area (Å²) < 4.78 is 30.2. The zero-order chi connectivity index (χ0) is 27.9. The summed E-state index contributed by atoms with van der Waals surface area (Å²) in [5.41, 5.74) is -0.566. The number of carbonyl (C=O) groups excluding carboxylic acids is 2. The van der Waals surface area contributed by atoms with E-state index in [0.29, 0.717) is 16.9 Å². The van der Waals surface area contributed by atoms with Gasteiger partial charge in [-0.25, -0.2) is 9.29 Å². The largest absolute Gasteiger partial charge is 0.493 e. The third kappa shape index (κ3) is 4.08. The quantitative estimate of drug-likeness (QED) is 0.423. The van der Waals surface area contributed by atoms with Crippen LogP contribution in [0.15, 0.2) is 66.7 Å².